The fourth-order valence-corrected chi connectivity index (χ4v) is 5.31. The average molecular weight is 487 g/mol. The van der Waals surface area contributed by atoms with Gasteiger partial charge in [-0.3, -0.25) is 9.52 Å². The van der Waals surface area contributed by atoms with E-state index in [9.17, 15) is 17.6 Å². The molecule has 0 aromatic heterocycles. The number of rotatable bonds is 6. The van der Waals surface area contributed by atoms with Crippen molar-refractivity contribution in [3.63, 3.8) is 0 Å². The van der Waals surface area contributed by atoms with Gasteiger partial charge in [-0.2, -0.15) is 0 Å². The van der Waals surface area contributed by atoms with Crippen molar-refractivity contribution < 1.29 is 17.6 Å². The first-order chi connectivity index (χ1) is 15.8. The number of nitrogens with zero attached hydrogens (tertiary/aromatic N) is 1. The summed E-state index contributed by atoms with van der Waals surface area (Å²) in [5.41, 5.74) is 1.66. The molecule has 4 rings (SSSR count). The molecule has 0 atom stereocenters. The van der Waals surface area contributed by atoms with E-state index < -0.39 is 15.8 Å². The highest BCUT2D eigenvalue weighted by atomic mass is 35.5. The van der Waals surface area contributed by atoms with Gasteiger partial charge in [-0.05, 0) is 73.2 Å². The van der Waals surface area contributed by atoms with E-state index in [0.29, 0.717) is 19.0 Å². The number of halogens is 2. The molecular weight excluding hydrogens is 463 g/mol. The smallest absolute Gasteiger partial charge is 0.261 e. The minimum Gasteiger partial charge on any atom is -0.339 e. The third-order valence-electron chi connectivity index (χ3n) is 5.84. The Morgan fingerprint density at radius 3 is 2.33 bits per heavy atom. The quantitative estimate of drug-likeness (QED) is 0.509. The Morgan fingerprint density at radius 1 is 1.00 bits per heavy atom. The van der Waals surface area contributed by atoms with Crippen molar-refractivity contribution in [2.24, 2.45) is 5.92 Å². The van der Waals surface area contributed by atoms with Gasteiger partial charge in [-0.15, -0.1) is 0 Å². The summed E-state index contributed by atoms with van der Waals surface area (Å²) in [6, 6.07) is 19.3. The predicted molar refractivity (Wildman–Crippen MR) is 127 cm³/mol. The Balaban J connectivity index is 1.45. The van der Waals surface area contributed by atoms with Crippen LogP contribution in [0.1, 0.15) is 28.8 Å². The highest BCUT2D eigenvalue weighted by Crippen LogP contribution is 2.27. The molecule has 0 bridgehead atoms. The molecule has 1 aliphatic rings. The van der Waals surface area contributed by atoms with Gasteiger partial charge in [0.1, 0.15) is 5.82 Å². The lowest BCUT2D eigenvalue weighted by Gasteiger charge is -2.32. The number of hydrogen-bond acceptors (Lipinski definition) is 3. The van der Waals surface area contributed by atoms with Gasteiger partial charge < -0.3 is 4.90 Å². The Hall–Kier alpha value is -2.90. The Morgan fingerprint density at radius 2 is 1.67 bits per heavy atom. The number of benzene rings is 3. The van der Waals surface area contributed by atoms with E-state index in [1.807, 2.05) is 18.2 Å². The molecule has 1 aliphatic heterocycles. The zero-order valence-corrected chi connectivity index (χ0v) is 19.4. The molecule has 0 radical (unpaired) electrons. The van der Waals surface area contributed by atoms with Crippen molar-refractivity contribution in [2.75, 3.05) is 17.8 Å². The highest BCUT2D eigenvalue weighted by molar-refractivity contribution is 7.92. The van der Waals surface area contributed by atoms with E-state index in [2.05, 4.69) is 16.9 Å². The van der Waals surface area contributed by atoms with Crippen LogP contribution in [0.4, 0.5) is 10.1 Å². The van der Waals surface area contributed by atoms with Gasteiger partial charge in [0.05, 0.1) is 15.5 Å². The number of carbonyl (C=O) groups excluding carboxylic acids is 1. The third kappa shape index (κ3) is 5.72. The summed E-state index contributed by atoms with van der Waals surface area (Å²) in [6.07, 6.45) is 2.73. The predicted octanol–water partition coefficient (Wildman–Crippen LogP) is 5.37. The van der Waals surface area contributed by atoms with Crippen molar-refractivity contribution in [2.45, 2.75) is 24.2 Å². The maximum atomic E-state index is 13.1. The highest BCUT2D eigenvalue weighted by Gasteiger charge is 2.26. The molecule has 3 aromatic rings. The molecule has 1 fully saturated rings. The molecule has 0 saturated carbocycles. The van der Waals surface area contributed by atoms with Crippen molar-refractivity contribution >= 4 is 33.2 Å². The summed E-state index contributed by atoms with van der Waals surface area (Å²) in [6.45, 7) is 1.19. The second kappa shape index (κ2) is 9.93. The van der Waals surface area contributed by atoms with Gasteiger partial charge in [0.25, 0.3) is 15.9 Å². The van der Waals surface area contributed by atoms with Crippen LogP contribution in [0, 0.1) is 11.7 Å². The summed E-state index contributed by atoms with van der Waals surface area (Å²) < 4.78 is 41.1. The number of amides is 1. The van der Waals surface area contributed by atoms with Gasteiger partial charge in [0.2, 0.25) is 0 Å². The summed E-state index contributed by atoms with van der Waals surface area (Å²) in [7, 11) is -3.97. The summed E-state index contributed by atoms with van der Waals surface area (Å²) in [5.74, 6) is -0.250. The van der Waals surface area contributed by atoms with Crippen LogP contribution in [0.5, 0.6) is 0 Å². The molecule has 1 N–H and O–H groups in total. The minimum absolute atomic E-state index is 0.0847. The molecule has 172 valence electrons. The van der Waals surface area contributed by atoms with E-state index >= 15 is 0 Å². The van der Waals surface area contributed by atoms with Crippen molar-refractivity contribution in [3.8, 4) is 0 Å². The first kappa shape index (κ1) is 23.3. The van der Waals surface area contributed by atoms with Gasteiger partial charge in [-0.25, -0.2) is 12.8 Å². The van der Waals surface area contributed by atoms with Crippen molar-refractivity contribution in [1.29, 1.82) is 0 Å². The van der Waals surface area contributed by atoms with Gasteiger partial charge in [-0.1, -0.05) is 41.9 Å². The molecule has 3 aromatic carbocycles. The average Bonchev–Trinajstić information content (AvgIpc) is 2.81. The van der Waals surface area contributed by atoms with Crippen LogP contribution in [-0.4, -0.2) is 32.3 Å². The lowest BCUT2D eigenvalue weighted by molar-refractivity contribution is 0.0690. The van der Waals surface area contributed by atoms with Crippen LogP contribution in [0.25, 0.3) is 0 Å². The summed E-state index contributed by atoms with van der Waals surface area (Å²) >= 11 is 6.27. The van der Waals surface area contributed by atoms with E-state index in [1.54, 1.807) is 4.90 Å². The minimum atomic E-state index is -3.97. The SMILES string of the molecule is O=C(c1cc(S(=O)(=O)Nc2ccc(F)cc2)ccc1Cl)N1CCC(Cc2ccccc2)CC1. The van der Waals surface area contributed by atoms with Crippen molar-refractivity contribution in [1.82, 2.24) is 4.90 Å². The molecule has 1 heterocycles. The number of likely N-dealkylation sites (tertiary alicyclic amines) is 1. The number of anilines is 1. The molecule has 8 heteroatoms. The molecule has 0 aliphatic carbocycles. The largest absolute Gasteiger partial charge is 0.339 e. The van der Waals surface area contributed by atoms with Crippen LogP contribution in [0.2, 0.25) is 5.02 Å². The van der Waals surface area contributed by atoms with E-state index in [-0.39, 0.29) is 27.1 Å². The van der Waals surface area contributed by atoms with Crippen LogP contribution in [-0.2, 0) is 16.4 Å². The van der Waals surface area contributed by atoms with Crippen LogP contribution < -0.4 is 4.72 Å². The number of carbonyl (C=O) groups is 1. The second-order valence-corrected chi connectivity index (χ2v) is 10.3. The van der Waals surface area contributed by atoms with E-state index in [1.165, 1.54) is 35.9 Å². The Kier molecular flexibility index (Phi) is 7.00. The molecule has 1 saturated heterocycles. The molecule has 5 nitrogen and oxygen atoms in total. The molecule has 0 spiro atoms. The normalized spacial score (nSPS) is 14.8. The number of nitrogens with one attached hydrogen (secondary N) is 1. The lowest BCUT2D eigenvalue weighted by atomic mass is 9.90. The Labute approximate surface area is 198 Å². The third-order valence-corrected chi connectivity index (χ3v) is 7.55. The lowest BCUT2D eigenvalue weighted by Crippen LogP contribution is -2.39. The Bertz CT molecular complexity index is 1230. The first-order valence-corrected chi connectivity index (χ1v) is 12.6. The fourth-order valence-electron chi connectivity index (χ4n) is 4.03. The molecule has 33 heavy (non-hydrogen) atoms. The van der Waals surface area contributed by atoms with Gasteiger partial charge >= 0.3 is 0 Å². The first-order valence-electron chi connectivity index (χ1n) is 10.7. The topological polar surface area (TPSA) is 66.5 Å². The number of piperidine rings is 1. The fraction of sp³-hybridized carbons (Fsp3) is 0.240. The van der Waals surface area contributed by atoms with Gasteiger partial charge in [0.15, 0.2) is 0 Å². The molecular formula is C25H24ClFN2O3S. The number of hydrogen-bond donors (Lipinski definition) is 1. The molecule has 0 unspecified atom stereocenters. The van der Waals surface area contributed by atoms with E-state index in [4.69, 9.17) is 11.6 Å². The van der Waals surface area contributed by atoms with Crippen LogP contribution >= 0.6 is 11.6 Å². The monoisotopic (exact) mass is 486 g/mol. The molecule has 1 amide bonds. The zero-order valence-electron chi connectivity index (χ0n) is 17.9. The number of sulfonamides is 1. The van der Waals surface area contributed by atoms with Gasteiger partial charge in [0, 0.05) is 18.8 Å². The zero-order chi connectivity index (χ0) is 23.4. The summed E-state index contributed by atoms with van der Waals surface area (Å²) in [5, 5.41) is 0.201. The standard InChI is InChI=1S/C25H24ClFN2O3S/c26-24-11-10-22(33(31,32)28-21-8-6-20(27)7-9-21)17-23(24)25(30)29-14-12-19(13-15-29)16-18-4-2-1-3-5-18/h1-11,17,19,28H,12-16H2. The van der Waals surface area contributed by atoms with Crippen LogP contribution in [0.3, 0.4) is 0 Å². The van der Waals surface area contributed by atoms with Crippen molar-refractivity contribution in [3.05, 3.63) is 94.8 Å². The summed E-state index contributed by atoms with van der Waals surface area (Å²) in [4.78, 5) is 14.8. The maximum Gasteiger partial charge on any atom is 0.261 e. The maximum absolute atomic E-state index is 13.1. The van der Waals surface area contributed by atoms with E-state index in [0.717, 1.165) is 31.4 Å². The second-order valence-electron chi connectivity index (χ2n) is 8.18. The van der Waals surface area contributed by atoms with Crippen LogP contribution in [0.15, 0.2) is 77.7 Å².